The molecule has 4 rings (SSSR count). The maximum Gasteiger partial charge on any atom is 0.261 e. The van der Waals surface area contributed by atoms with Crippen molar-refractivity contribution in [2.45, 2.75) is 30.2 Å². The van der Waals surface area contributed by atoms with Gasteiger partial charge in [-0.1, -0.05) is 29.8 Å². The van der Waals surface area contributed by atoms with Crippen molar-refractivity contribution in [3.8, 4) is 0 Å². The highest BCUT2D eigenvalue weighted by molar-refractivity contribution is 7.92. The van der Waals surface area contributed by atoms with Gasteiger partial charge in [0.1, 0.15) is 12.2 Å². The van der Waals surface area contributed by atoms with Gasteiger partial charge in [0.05, 0.1) is 4.90 Å². The first-order valence-corrected chi connectivity index (χ1v) is 10.1. The van der Waals surface area contributed by atoms with Crippen LogP contribution in [0.2, 0.25) is 5.02 Å². The van der Waals surface area contributed by atoms with E-state index in [1.807, 2.05) is 18.2 Å². The van der Waals surface area contributed by atoms with Crippen LogP contribution in [-0.2, 0) is 23.0 Å². The molecular weight excluding hydrogens is 372 g/mol. The van der Waals surface area contributed by atoms with Crippen molar-refractivity contribution in [2.24, 2.45) is 0 Å². The van der Waals surface area contributed by atoms with Crippen LogP contribution in [0.15, 0.2) is 59.8 Å². The third-order valence-electron chi connectivity index (χ3n) is 4.55. The lowest BCUT2D eigenvalue weighted by atomic mass is 9.91. The van der Waals surface area contributed by atoms with E-state index in [2.05, 4.69) is 19.5 Å². The summed E-state index contributed by atoms with van der Waals surface area (Å²) in [6, 6.07) is 13.7. The highest BCUT2D eigenvalue weighted by Crippen LogP contribution is 2.30. The smallest absolute Gasteiger partial charge is 0.261 e. The molecule has 2 aromatic carbocycles. The number of sulfonamides is 1. The minimum absolute atomic E-state index is 0.141. The third kappa shape index (κ3) is 3.45. The monoisotopic (exact) mass is 388 g/mol. The highest BCUT2D eigenvalue weighted by atomic mass is 35.5. The van der Waals surface area contributed by atoms with Crippen molar-refractivity contribution in [1.82, 2.24) is 14.8 Å². The zero-order valence-electron chi connectivity index (χ0n) is 13.8. The standard InChI is InChI=1S/C18H17ClN4O2S/c19-15-4-2-6-17(10-15)26(24,25)22-16-5-1-3-13(9-16)14-7-8-18-21-20-12-23(18)11-14/h1-6,9-10,12,14,22H,7-8,11H2/t14-/m1/s1. The predicted molar refractivity (Wildman–Crippen MR) is 99.8 cm³/mol. The van der Waals surface area contributed by atoms with E-state index in [0.29, 0.717) is 16.6 Å². The maximum absolute atomic E-state index is 12.6. The zero-order chi connectivity index (χ0) is 18.1. The van der Waals surface area contributed by atoms with E-state index in [4.69, 9.17) is 11.6 Å². The summed E-state index contributed by atoms with van der Waals surface area (Å²) in [4.78, 5) is 0.141. The van der Waals surface area contributed by atoms with Gasteiger partial charge in [-0.2, -0.15) is 0 Å². The fourth-order valence-electron chi connectivity index (χ4n) is 3.23. The molecule has 1 aliphatic rings. The normalized spacial score (nSPS) is 16.9. The lowest BCUT2D eigenvalue weighted by molar-refractivity contribution is 0.456. The van der Waals surface area contributed by atoms with Gasteiger partial charge in [-0.3, -0.25) is 4.72 Å². The van der Waals surface area contributed by atoms with Crippen LogP contribution in [-0.4, -0.2) is 23.2 Å². The molecule has 6 nitrogen and oxygen atoms in total. The summed E-state index contributed by atoms with van der Waals surface area (Å²) in [5.41, 5.74) is 1.63. The summed E-state index contributed by atoms with van der Waals surface area (Å²) < 4.78 is 29.8. The molecule has 0 saturated carbocycles. The van der Waals surface area contributed by atoms with Crippen LogP contribution in [0.3, 0.4) is 0 Å². The molecule has 1 aromatic heterocycles. The van der Waals surface area contributed by atoms with Crippen LogP contribution < -0.4 is 4.72 Å². The Labute approximate surface area is 156 Å². The van der Waals surface area contributed by atoms with Crippen molar-refractivity contribution in [1.29, 1.82) is 0 Å². The van der Waals surface area contributed by atoms with Crippen molar-refractivity contribution in [3.05, 3.63) is 71.3 Å². The highest BCUT2D eigenvalue weighted by Gasteiger charge is 2.22. The molecule has 0 fully saturated rings. The Kier molecular flexibility index (Phi) is 4.42. The number of nitrogens with zero attached hydrogens (tertiary/aromatic N) is 3. The van der Waals surface area contributed by atoms with Crippen LogP contribution in [0.25, 0.3) is 0 Å². The fourth-order valence-corrected chi connectivity index (χ4v) is 4.58. The van der Waals surface area contributed by atoms with Gasteiger partial charge in [-0.25, -0.2) is 8.42 Å². The third-order valence-corrected chi connectivity index (χ3v) is 6.16. The molecule has 0 aliphatic carbocycles. The first-order chi connectivity index (χ1) is 12.5. The van der Waals surface area contributed by atoms with Gasteiger partial charge < -0.3 is 4.57 Å². The average Bonchev–Trinajstić information content (AvgIpc) is 3.09. The number of aromatic nitrogens is 3. The minimum Gasteiger partial charge on any atom is -0.317 e. The van der Waals surface area contributed by atoms with Crippen LogP contribution >= 0.6 is 11.6 Å². The number of benzene rings is 2. The number of hydrogen-bond donors (Lipinski definition) is 1. The van der Waals surface area contributed by atoms with Gasteiger partial charge in [0, 0.05) is 29.6 Å². The topological polar surface area (TPSA) is 76.9 Å². The molecule has 0 radical (unpaired) electrons. The summed E-state index contributed by atoms with van der Waals surface area (Å²) >= 11 is 5.91. The molecule has 1 aliphatic heterocycles. The number of aryl methyl sites for hydroxylation is 1. The van der Waals surface area contributed by atoms with Crippen molar-refractivity contribution in [3.63, 3.8) is 0 Å². The maximum atomic E-state index is 12.6. The number of rotatable bonds is 4. The Balaban J connectivity index is 1.57. The number of halogens is 1. The zero-order valence-corrected chi connectivity index (χ0v) is 15.4. The van der Waals surface area contributed by atoms with Crippen LogP contribution in [0.4, 0.5) is 5.69 Å². The SMILES string of the molecule is O=S(=O)(Nc1cccc([C@@H]2CCc3nncn3C2)c1)c1cccc(Cl)c1. The second-order valence-corrected chi connectivity index (χ2v) is 8.44. The second-order valence-electron chi connectivity index (χ2n) is 6.32. The Morgan fingerprint density at radius 2 is 2.00 bits per heavy atom. The summed E-state index contributed by atoms with van der Waals surface area (Å²) in [5.74, 6) is 1.30. The molecule has 0 amide bonds. The van der Waals surface area contributed by atoms with E-state index in [1.54, 1.807) is 24.5 Å². The lowest BCUT2D eigenvalue weighted by Gasteiger charge is -2.23. The van der Waals surface area contributed by atoms with Crippen LogP contribution in [0.5, 0.6) is 0 Å². The van der Waals surface area contributed by atoms with Gasteiger partial charge >= 0.3 is 0 Å². The first-order valence-electron chi connectivity index (χ1n) is 8.26. The molecule has 0 bridgehead atoms. The van der Waals surface area contributed by atoms with Gasteiger partial charge in [-0.15, -0.1) is 10.2 Å². The molecule has 8 heteroatoms. The molecule has 1 N–H and O–H groups in total. The largest absolute Gasteiger partial charge is 0.317 e. The van der Waals surface area contributed by atoms with Crippen molar-refractivity contribution < 1.29 is 8.42 Å². The fraction of sp³-hybridized carbons (Fsp3) is 0.222. The lowest BCUT2D eigenvalue weighted by Crippen LogP contribution is -2.19. The Morgan fingerprint density at radius 3 is 2.85 bits per heavy atom. The molecule has 3 aromatic rings. The molecule has 0 unspecified atom stereocenters. The molecule has 0 saturated heterocycles. The Bertz CT molecular complexity index is 1050. The molecule has 2 heterocycles. The van der Waals surface area contributed by atoms with Gasteiger partial charge in [-0.05, 0) is 42.3 Å². The van der Waals surface area contributed by atoms with E-state index < -0.39 is 10.0 Å². The molecule has 26 heavy (non-hydrogen) atoms. The van der Waals surface area contributed by atoms with Crippen LogP contribution in [0.1, 0.15) is 23.7 Å². The Hall–Kier alpha value is -2.38. The van der Waals surface area contributed by atoms with Crippen molar-refractivity contribution >= 4 is 27.3 Å². The minimum atomic E-state index is -3.68. The first kappa shape index (κ1) is 17.1. The number of hydrogen-bond acceptors (Lipinski definition) is 4. The quantitative estimate of drug-likeness (QED) is 0.742. The van der Waals surface area contributed by atoms with E-state index in [0.717, 1.165) is 30.8 Å². The van der Waals surface area contributed by atoms with Gasteiger partial charge in [0.15, 0.2) is 0 Å². The van der Waals surface area contributed by atoms with Gasteiger partial charge in [0.25, 0.3) is 10.0 Å². The summed E-state index contributed by atoms with van der Waals surface area (Å²) in [7, 11) is -3.68. The molecular formula is C18H17ClN4O2S. The Morgan fingerprint density at radius 1 is 1.15 bits per heavy atom. The number of nitrogens with one attached hydrogen (secondary N) is 1. The van der Waals surface area contributed by atoms with Crippen LogP contribution in [0, 0.1) is 0 Å². The number of fused-ring (bicyclic) bond motifs is 1. The summed E-state index contributed by atoms with van der Waals surface area (Å²) in [5, 5.41) is 8.43. The van der Waals surface area contributed by atoms with E-state index in [1.165, 1.54) is 12.1 Å². The molecule has 1 atom stereocenters. The molecule has 0 spiro atoms. The van der Waals surface area contributed by atoms with Gasteiger partial charge in [0.2, 0.25) is 0 Å². The average molecular weight is 389 g/mol. The van der Waals surface area contributed by atoms with Crippen molar-refractivity contribution in [2.75, 3.05) is 4.72 Å². The summed E-state index contributed by atoms with van der Waals surface area (Å²) in [6.45, 7) is 0.798. The van der Waals surface area contributed by atoms with E-state index in [9.17, 15) is 8.42 Å². The second kappa shape index (κ2) is 6.74. The number of anilines is 1. The predicted octanol–water partition coefficient (Wildman–Crippen LogP) is 3.46. The van der Waals surface area contributed by atoms with E-state index in [-0.39, 0.29) is 4.90 Å². The summed E-state index contributed by atoms with van der Waals surface area (Å²) in [6.07, 6.45) is 3.57. The van der Waals surface area contributed by atoms with E-state index >= 15 is 0 Å². The molecule has 134 valence electrons.